The lowest BCUT2D eigenvalue weighted by Gasteiger charge is -2.12. The van der Waals surface area contributed by atoms with Crippen molar-refractivity contribution in [3.8, 4) is 5.69 Å². The van der Waals surface area contributed by atoms with Gasteiger partial charge in [0.15, 0.2) is 0 Å². The fraction of sp³-hybridized carbons (Fsp3) is 0.167. The maximum atomic E-state index is 12.5. The molecule has 1 atom stereocenters. The maximum Gasteiger partial charge on any atom is 0.225 e. The lowest BCUT2D eigenvalue weighted by molar-refractivity contribution is -0.116. The van der Waals surface area contributed by atoms with Crippen molar-refractivity contribution in [2.24, 2.45) is 0 Å². The van der Waals surface area contributed by atoms with Crippen molar-refractivity contribution in [1.29, 1.82) is 0 Å². The van der Waals surface area contributed by atoms with Crippen LogP contribution < -0.4 is 10.7 Å². The number of hydrogen-bond acceptors (Lipinski definition) is 5. The highest BCUT2D eigenvalue weighted by molar-refractivity contribution is 7.80. The van der Waals surface area contributed by atoms with Crippen LogP contribution in [0.2, 0.25) is 0 Å². The zero-order valence-corrected chi connectivity index (χ0v) is 15.3. The molecule has 0 aliphatic rings. The van der Waals surface area contributed by atoms with Gasteiger partial charge in [-0.15, -0.1) is 0 Å². The zero-order chi connectivity index (χ0) is 19.4. The van der Waals surface area contributed by atoms with Crippen molar-refractivity contribution in [3.63, 3.8) is 0 Å². The number of aryl methyl sites for hydroxylation is 1. The molecule has 0 spiro atoms. The first-order chi connectivity index (χ1) is 12.9. The van der Waals surface area contributed by atoms with E-state index in [1.165, 1.54) is 24.3 Å². The summed E-state index contributed by atoms with van der Waals surface area (Å²) in [5, 5.41) is 5.79. The molecule has 2 heterocycles. The summed E-state index contributed by atoms with van der Waals surface area (Å²) in [7, 11) is 0. The standard InChI is InChI=1S/C18H17F2N5OS/c1-12-16(11-24(23-12)15-3-2-8-21-10-15)22-18(26)9-17(27)13-4-6-14(7-5-13)25(19)20/h2-8,10-11,17,27H,9H2,1H3,(H,22,26). The van der Waals surface area contributed by atoms with Crippen LogP contribution in [0.4, 0.5) is 20.3 Å². The SMILES string of the molecule is Cc1nn(-c2cccnc2)cc1NC(=O)CC(S)c1ccc(N(F)F)cc1. The average Bonchev–Trinajstić information content (AvgIpc) is 3.03. The minimum atomic E-state index is -0.966. The monoisotopic (exact) mass is 389 g/mol. The van der Waals surface area contributed by atoms with E-state index in [1.807, 2.05) is 6.07 Å². The lowest BCUT2D eigenvalue weighted by Crippen LogP contribution is -2.14. The number of halogens is 2. The van der Waals surface area contributed by atoms with E-state index in [2.05, 4.69) is 28.0 Å². The van der Waals surface area contributed by atoms with Crippen LogP contribution in [0.1, 0.15) is 22.9 Å². The highest BCUT2D eigenvalue weighted by Crippen LogP contribution is 2.27. The molecule has 140 valence electrons. The highest BCUT2D eigenvalue weighted by Gasteiger charge is 2.15. The summed E-state index contributed by atoms with van der Waals surface area (Å²) in [5.41, 5.74) is 2.50. The number of rotatable bonds is 6. The number of carbonyl (C=O) groups excluding carboxylic acids is 1. The highest BCUT2D eigenvalue weighted by atomic mass is 32.1. The Labute approximate surface area is 160 Å². The zero-order valence-electron chi connectivity index (χ0n) is 14.4. The third-order valence-corrected chi connectivity index (χ3v) is 4.42. The van der Waals surface area contributed by atoms with Crippen molar-refractivity contribution in [2.45, 2.75) is 18.6 Å². The van der Waals surface area contributed by atoms with Gasteiger partial charge in [0.25, 0.3) is 0 Å². The fourth-order valence-corrected chi connectivity index (χ4v) is 2.85. The molecule has 0 bridgehead atoms. The third-order valence-electron chi connectivity index (χ3n) is 3.94. The molecular formula is C18H17F2N5OS. The fourth-order valence-electron chi connectivity index (χ4n) is 2.51. The van der Waals surface area contributed by atoms with Crippen molar-refractivity contribution in [3.05, 3.63) is 66.2 Å². The van der Waals surface area contributed by atoms with Crippen LogP contribution >= 0.6 is 12.6 Å². The number of hydrogen-bond donors (Lipinski definition) is 2. The number of aromatic nitrogens is 3. The Bertz CT molecular complexity index is 915. The van der Waals surface area contributed by atoms with Gasteiger partial charge in [-0.05, 0) is 42.1 Å². The van der Waals surface area contributed by atoms with Gasteiger partial charge in [-0.3, -0.25) is 9.78 Å². The Morgan fingerprint density at radius 3 is 2.67 bits per heavy atom. The number of thiol groups is 1. The van der Waals surface area contributed by atoms with E-state index in [-0.39, 0.29) is 18.0 Å². The van der Waals surface area contributed by atoms with Gasteiger partial charge < -0.3 is 5.32 Å². The molecule has 3 rings (SSSR count). The number of amides is 1. The van der Waals surface area contributed by atoms with Crippen molar-refractivity contribution in [2.75, 3.05) is 10.7 Å². The predicted octanol–water partition coefficient (Wildman–Crippen LogP) is 4.15. The molecule has 0 saturated carbocycles. The third kappa shape index (κ3) is 4.62. The average molecular weight is 389 g/mol. The Morgan fingerprint density at radius 2 is 2.04 bits per heavy atom. The van der Waals surface area contributed by atoms with E-state index in [9.17, 15) is 13.8 Å². The van der Waals surface area contributed by atoms with Crippen LogP contribution in [0.15, 0.2) is 55.0 Å². The van der Waals surface area contributed by atoms with Crippen molar-refractivity contribution < 1.29 is 13.8 Å². The minimum absolute atomic E-state index is 0.0922. The molecule has 1 N–H and O–H groups in total. The number of nitrogens with zero attached hydrogens (tertiary/aromatic N) is 4. The molecule has 9 heteroatoms. The number of pyridine rings is 1. The van der Waals surface area contributed by atoms with Gasteiger partial charge >= 0.3 is 0 Å². The molecule has 27 heavy (non-hydrogen) atoms. The van der Waals surface area contributed by atoms with Crippen LogP contribution in [-0.2, 0) is 4.79 Å². The summed E-state index contributed by atoms with van der Waals surface area (Å²) in [6.07, 6.45) is 5.14. The van der Waals surface area contributed by atoms with Crippen molar-refractivity contribution in [1.82, 2.24) is 14.8 Å². The van der Waals surface area contributed by atoms with Gasteiger partial charge in [-0.2, -0.15) is 17.7 Å². The van der Waals surface area contributed by atoms with E-state index in [0.717, 1.165) is 5.69 Å². The molecule has 0 aliphatic heterocycles. The first-order valence-electron chi connectivity index (χ1n) is 8.10. The Balaban J connectivity index is 1.64. The second-order valence-electron chi connectivity index (χ2n) is 5.88. The normalized spacial score (nSPS) is 11.9. The first kappa shape index (κ1) is 18.8. The molecule has 0 aliphatic carbocycles. The second kappa shape index (κ2) is 8.17. The van der Waals surface area contributed by atoms with E-state index in [1.54, 1.807) is 36.3 Å². The summed E-state index contributed by atoms with van der Waals surface area (Å²) in [4.78, 5) is 16.4. The largest absolute Gasteiger partial charge is 0.323 e. The molecule has 0 radical (unpaired) electrons. The van der Waals surface area contributed by atoms with Crippen LogP contribution in [-0.4, -0.2) is 20.7 Å². The second-order valence-corrected chi connectivity index (χ2v) is 6.50. The van der Waals surface area contributed by atoms with E-state index < -0.39 is 10.6 Å². The minimum Gasteiger partial charge on any atom is -0.323 e. The Hall–Kier alpha value is -2.94. The number of anilines is 2. The molecule has 0 saturated heterocycles. The molecule has 1 aromatic carbocycles. The van der Waals surface area contributed by atoms with Crippen LogP contribution in [0.25, 0.3) is 5.69 Å². The molecule has 1 unspecified atom stereocenters. The van der Waals surface area contributed by atoms with Crippen LogP contribution in [0.3, 0.4) is 0 Å². The summed E-state index contributed by atoms with van der Waals surface area (Å²) >= 11 is 4.41. The molecule has 1 amide bonds. The van der Waals surface area contributed by atoms with E-state index in [4.69, 9.17) is 0 Å². The van der Waals surface area contributed by atoms with E-state index in [0.29, 0.717) is 16.9 Å². The number of nitrogens with one attached hydrogen (secondary N) is 1. The Kier molecular flexibility index (Phi) is 5.70. The van der Waals surface area contributed by atoms with Gasteiger partial charge in [-0.25, -0.2) is 4.68 Å². The molecule has 0 fully saturated rings. The topological polar surface area (TPSA) is 63.1 Å². The number of benzene rings is 1. The summed E-state index contributed by atoms with van der Waals surface area (Å²) < 4.78 is 26.5. The van der Waals surface area contributed by atoms with Gasteiger partial charge in [-0.1, -0.05) is 21.1 Å². The lowest BCUT2D eigenvalue weighted by atomic mass is 10.1. The Morgan fingerprint density at radius 1 is 1.30 bits per heavy atom. The van der Waals surface area contributed by atoms with Gasteiger partial charge in [0.2, 0.25) is 5.91 Å². The summed E-state index contributed by atoms with van der Waals surface area (Å²) in [5.74, 6) is -0.245. The van der Waals surface area contributed by atoms with Gasteiger partial charge in [0, 0.05) is 17.9 Å². The molecular weight excluding hydrogens is 372 g/mol. The first-order valence-corrected chi connectivity index (χ1v) is 8.62. The van der Waals surface area contributed by atoms with Crippen molar-refractivity contribution >= 4 is 29.9 Å². The van der Waals surface area contributed by atoms with E-state index >= 15 is 0 Å². The quantitative estimate of drug-likeness (QED) is 0.491. The molecule has 2 aromatic heterocycles. The number of carbonyl (C=O) groups is 1. The molecule has 6 nitrogen and oxygen atoms in total. The molecule has 3 aromatic rings. The van der Waals surface area contributed by atoms with Gasteiger partial charge in [0.1, 0.15) is 5.69 Å². The maximum absolute atomic E-state index is 12.5. The summed E-state index contributed by atoms with van der Waals surface area (Å²) in [6, 6.07) is 9.26. The predicted molar refractivity (Wildman–Crippen MR) is 102 cm³/mol. The smallest absolute Gasteiger partial charge is 0.225 e. The van der Waals surface area contributed by atoms with Crippen LogP contribution in [0, 0.1) is 6.92 Å². The van der Waals surface area contributed by atoms with Crippen LogP contribution in [0.5, 0.6) is 0 Å². The van der Waals surface area contributed by atoms with Gasteiger partial charge in [0.05, 0.1) is 29.5 Å². The summed E-state index contributed by atoms with van der Waals surface area (Å²) in [6.45, 7) is 1.79.